The van der Waals surface area contributed by atoms with Crippen LogP contribution in [-0.2, 0) is 4.74 Å². The second kappa shape index (κ2) is 10.7. The van der Waals surface area contributed by atoms with Gasteiger partial charge in [0, 0.05) is 19.8 Å². The zero-order valence-electron chi connectivity index (χ0n) is 9.77. The Balaban J connectivity index is 2.95. The molecule has 0 aliphatic carbocycles. The summed E-state index contributed by atoms with van der Waals surface area (Å²) in [6.07, 6.45) is 4.56. The molecule has 0 aromatic rings. The van der Waals surface area contributed by atoms with Crippen molar-refractivity contribution in [1.29, 1.82) is 0 Å². The molecule has 0 unspecified atom stereocenters. The normalized spacial score (nSPS) is 10.4. The van der Waals surface area contributed by atoms with Crippen LogP contribution in [0.15, 0.2) is 12.2 Å². The van der Waals surface area contributed by atoms with Crippen molar-refractivity contribution < 1.29 is 4.74 Å². The van der Waals surface area contributed by atoms with Crippen LogP contribution in [0.3, 0.4) is 0 Å². The molecule has 0 amide bonds. The van der Waals surface area contributed by atoms with Crippen LogP contribution >= 0.6 is 0 Å². The van der Waals surface area contributed by atoms with Crippen molar-refractivity contribution in [3.05, 3.63) is 12.2 Å². The van der Waals surface area contributed by atoms with Gasteiger partial charge in [-0.3, -0.25) is 0 Å². The van der Waals surface area contributed by atoms with E-state index in [1.54, 1.807) is 0 Å². The molecule has 0 radical (unpaired) electrons. The largest absolute Gasteiger partial charge is 0.381 e. The maximum Gasteiger partial charge on any atom is 0.0478 e. The molecule has 0 aromatic carbocycles. The molecule has 0 bridgehead atoms. The first-order chi connectivity index (χ1) is 6.81. The molecule has 0 heterocycles. The highest BCUT2D eigenvalue weighted by Gasteiger charge is 1.91. The number of ether oxygens (including phenoxy) is 1. The average molecular weight is 199 g/mol. The highest BCUT2D eigenvalue weighted by Crippen LogP contribution is 1.93. The SMILES string of the molecule is C=C(CC)CNCCCOCCCC. The van der Waals surface area contributed by atoms with Crippen LogP contribution in [0, 0.1) is 0 Å². The van der Waals surface area contributed by atoms with Crippen LogP contribution in [-0.4, -0.2) is 26.3 Å². The lowest BCUT2D eigenvalue weighted by Crippen LogP contribution is -2.19. The molecular formula is C12H25NO. The van der Waals surface area contributed by atoms with Gasteiger partial charge in [-0.05, 0) is 25.8 Å². The maximum atomic E-state index is 5.44. The summed E-state index contributed by atoms with van der Waals surface area (Å²) < 4.78 is 5.44. The standard InChI is InChI=1S/C12H25NO/c1-4-6-9-14-10-7-8-13-11-12(3)5-2/h13H,3-11H2,1-2H3. The fourth-order valence-corrected chi connectivity index (χ4v) is 1.04. The zero-order chi connectivity index (χ0) is 10.6. The van der Waals surface area contributed by atoms with Crippen LogP contribution < -0.4 is 5.32 Å². The summed E-state index contributed by atoms with van der Waals surface area (Å²) in [6.45, 7) is 12.0. The van der Waals surface area contributed by atoms with Gasteiger partial charge < -0.3 is 10.1 Å². The van der Waals surface area contributed by atoms with Crippen molar-refractivity contribution in [2.24, 2.45) is 0 Å². The topological polar surface area (TPSA) is 21.3 Å². The first-order valence-electron chi connectivity index (χ1n) is 5.76. The van der Waals surface area contributed by atoms with E-state index >= 15 is 0 Å². The van der Waals surface area contributed by atoms with Crippen molar-refractivity contribution in [3.8, 4) is 0 Å². The van der Waals surface area contributed by atoms with E-state index in [0.717, 1.165) is 39.1 Å². The molecule has 2 nitrogen and oxygen atoms in total. The van der Waals surface area contributed by atoms with E-state index in [-0.39, 0.29) is 0 Å². The molecule has 0 spiro atoms. The number of unbranched alkanes of at least 4 members (excludes halogenated alkanes) is 1. The maximum absolute atomic E-state index is 5.44. The van der Waals surface area contributed by atoms with Crippen molar-refractivity contribution in [2.75, 3.05) is 26.3 Å². The van der Waals surface area contributed by atoms with Gasteiger partial charge in [-0.1, -0.05) is 32.4 Å². The van der Waals surface area contributed by atoms with Crippen LogP contribution in [0.5, 0.6) is 0 Å². The van der Waals surface area contributed by atoms with E-state index in [2.05, 4.69) is 25.7 Å². The van der Waals surface area contributed by atoms with E-state index in [1.807, 2.05) is 0 Å². The van der Waals surface area contributed by atoms with Crippen LogP contribution in [0.2, 0.25) is 0 Å². The van der Waals surface area contributed by atoms with Gasteiger partial charge in [-0.25, -0.2) is 0 Å². The van der Waals surface area contributed by atoms with Gasteiger partial charge in [0.15, 0.2) is 0 Å². The highest BCUT2D eigenvalue weighted by molar-refractivity contribution is 4.94. The molecule has 0 aliphatic rings. The van der Waals surface area contributed by atoms with E-state index in [4.69, 9.17) is 4.74 Å². The van der Waals surface area contributed by atoms with Gasteiger partial charge in [0.25, 0.3) is 0 Å². The molecule has 0 rings (SSSR count). The highest BCUT2D eigenvalue weighted by atomic mass is 16.5. The second-order valence-electron chi connectivity index (χ2n) is 3.60. The van der Waals surface area contributed by atoms with Crippen molar-refractivity contribution in [3.63, 3.8) is 0 Å². The minimum Gasteiger partial charge on any atom is -0.381 e. The number of hydrogen-bond acceptors (Lipinski definition) is 2. The number of nitrogens with one attached hydrogen (secondary N) is 1. The third kappa shape index (κ3) is 9.75. The Hall–Kier alpha value is -0.340. The number of hydrogen-bond donors (Lipinski definition) is 1. The van der Waals surface area contributed by atoms with Gasteiger partial charge >= 0.3 is 0 Å². The molecule has 0 saturated carbocycles. The molecule has 0 aromatic heterocycles. The Morgan fingerprint density at radius 2 is 1.93 bits per heavy atom. The van der Waals surface area contributed by atoms with E-state index < -0.39 is 0 Å². The fraction of sp³-hybridized carbons (Fsp3) is 0.833. The van der Waals surface area contributed by atoms with Gasteiger partial charge in [0.05, 0.1) is 0 Å². The Kier molecular flexibility index (Phi) is 10.5. The molecule has 0 atom stereocenters. The monoisotopic (exact) mass is 199 g/mol. The Morgan fingerprint density at radius 3 is 2.57 bits per heavy atom. The number of rotatable bonds is 10. The summed E-state index contributed by atoms with van der Waals surface area (Å²) in [5.74, 6) is 0. The van der Waals surface area contributed by atoms with Gasteiger partial charge in [-0.15, -0.1) is 0 Å². The second-order valence-corrected chi connectivity index (χ2v) is 3.60. The smallest absolute Gasteiger partial charge is 0.0478 e. The molecule has 0 fully saturated rings. The van der Waals surface area contributed by atoms with Crippen LogP contribution in [0.1, 0.15) is 39.5 Å². The van der Waals surface area contributed by atoms with Crippen LogP contribution in [0.25, 0.3) is 0 Å². The van der Waals surface area contributed by atoms with Gasteiger partial charge in [0.2, 0.25) is 0 Å². The minimum atomic E-state index is 0.881. The Labute approximate surface area is 88.7 Å². The summed E-state index contributed by atoms with van der Waals surface area (Å²) >= 11 is 0. The predicted octanol–water partition coefficient (Wildman–Crippen LogP) is 2.75. The van der Waals surface area contributed by atoms with Gasteiger partial charge in [-0.2, -0.15) is 0 Å². The molecule has 0 aliphatic heterocycles. The average Bonchev–Trinajstić information content (AvgIpc) is 2.21. The van der Waals surface area contributed by atoms with Crippen molar-refractivity contribution >= 4 is 0 Å². The van der Waals surface area contributed by atoms with Crippen molar-refractivity contribution in [1.82, 2.24) is 5.32 Å². The van der Waals surface area contributed by atoms with E-state index in [9.17, 15) is 0 Å². The first kappa shape index (κ1) is 13.7. The lowest BCUT2D eigenvalue weighted by molar-refractivity contribution is 0.129. The fourth-order valence-electron chi connectivity index (χ4n) is 1.04. The molecule has 0 saturated heterocycles. The van der Waals surface area contributed by atoms with E-state index in [0.29, 0.717) is 0 Å². The van der Waals surface area contributed by atoms with Gasteiger partial charge in [0.1, 0.15) is 0 Å². The van der Waals surface area contributed by atoms with Crippen LogP contribution in [0.4, 0.5) is 0 Å². The third-order valence-electron chi connectivity index (χ3n) is 2.16. The third-order valence-corrected chi connectivity index (χ3v) is 2.16. The molecule has 2 heteroatoms. The Bertz CT molecular complexity index is 134. The molecule has 84 valence electrons. The molecular weight excluding hydrogens is 174 g/mol. The molecule has 1 N–H and O–H groups in total. The summed E-state index contributed by atoms with van der Waals surface area (Å²) in [4.78, 5) is 0. The minimum absolute atomic E-state index is 0.881. The van der Waals surface area contributed by atoms with Crippen molar-refractivity contribution in [2.45, 2.75) is 39.5 Å². The first-order valence-corrected chi connectivity index (χ1v) is 5.76. The lowest BCUT2D eigenvalue weighted by atomic mass is 10.2. The predicted molar refractivity (Wildman–Crippen MR) is 62.6 cm³/mol. The summed E-state index contributed by atoms with van der Waals surface area (Å²) in [6, 6.07) is 0. The Morgan fingerprint density at radius 1 is 1.21 bits per heavy atom. The van der Waals surface area contributed by atoms with E-state index in [1.165, 1.54) is 18.4 Å². The summed E-state index contributed by atoms with van der Waals surface area (Å²) in [5, 5.41) is 3.35. The zero-order valence-corrected chi connectivity index (χ0v) is 9.77. The summed E-state index contributed by atoms with van der Waals surface area (Å²) in [5.41, 5.74) is 1.27. The quantitative estimate of drug-likeness (QED) is 0.431. The lowest BCUT2D eigenvalue weighted by Gasteiger charge is -2.06. The molecule has 14 heavy (non-hydrogen) atoms. The summed E-state index contributed by atoms with van der Waals surface area (Å²) in [7, 11) is 0.